The van der Waals surface area contributed by atoms with E-state index in [0.717, 1.165) is 45.1 Å². The van der Waals surface area contributed by atoms with E-state index in [1.165, 1.54) is 12.8 Å². The maximum absolute atomic E-state index is 4.87. The number of aromatic nitrogens is 6. The van der Waals surface area contributed by atoms with Crippen LogP contribution >= 0.6 is 0 Å². The molecule has 1 aliphatic carbocycles. The number of H-pyrrole nitrogens is 1. The van der Waals surface area contributed by atoms with E-state index in [-0.39, 0.29) is 0 Å². The van der Waals surface area contributed by atoms with Crippen molar-refractivity contribution in [1.82, 2.24) is 34.9 Å². The van der Waals surface area contributed by atoms with Gasteiger partial charge in [0.1, 0.15) is 0 Å². The summed E-state index contributed by atoms with van der Waals surface area (Å²) < 4.78 is 2.09. The first-order valence-electron chi connectivity index (χ1n) is 11.3. The van der Waals surface area contributed by atoms with Crippen LogP contribution in [0, 0.1) is 0 Å². The summed E-state index contributed by atoms with van der Waals surface area (Å²) in [5.74, 6) is 0.703. The van der Waals surface area contributed by atoms with Crippen LogP contribution in [-0.2, 0) is 6.54 Å². The van der Waals surface area contributed by atoms with Gasteiger partial charge in [-0.25, -0.2) is 9.97 Å². The minimum absolute atomic E-state index is 0.565. The zero-order chi connectivity index (χ0) is 22.9. The highest BCUT2D eigenvalue weighted by molar-refractivity contribution is 5.75. The molecule has 1 aliphatic rings. The number of rotatable bonds is 8. The summed E-state index contributed by atoms with van der Waals surface area (Å²) in [6, 6.07) is 14.9. The minimum Gasteiger partial charge on any atom is -0.382 e. The van der Waals surface area contributed by atoms with Crippen molar-refractivity contribution >= 4 is 17.2 Å². The van der Waals surface area contributed by atoms with Crippen LogP contribution in [0.4, 0.5) is 5.82 Å². The number of imidazole rings is 1. The molecule has 4 heterocycles. The van der Waals surface area contributed by atoms with Gasteiger partial charge in [0, 0.05) is 47.7 Å². The summed E-state index contributed by atoms with van der Waals surface area (Å²) in [5, 5.41) is 13.9. The van der Waals surface area contributed by atoms with Crippen molar-refractivity contribution in [2.45, 2.75) is 25.4 Å². The number of fused-ring (bicyclic) bond motifs is 1. The Labute approximate surface area is 196 Å². The molecule has 8 nitrogen and oxygen atoms in total. The first kappa shape index (κ1) is 20.2. The fraction of sp³-hybridized carbons (Fsp3) is 0.154. The molecule has 0 saturated heterocycles. The second kappa shape index (κ2) is 8.47. The van der Waals surface area contributed by atoms with Crippen molar-refractivity contribution in [2.75, 3.05) is 5.32 Å². The van der Waals surface area contributed by atoms with Gasteiger partial charge in [0.25, 0.3) is 0 Å². The van der Waals surface area contributed by atoms with Crippen molar-refractivity contribution in [1.29, 1.82) is 0 Å². The van der Waals surface area contributed by atoms with Gasteiger partial charge in [-0.15, -0.1) is 0 Å². The van der Waals surface area contributed by atoms with Crippen LogP contribution in [0.25, 0.3) is 33.9 Å². The molecule has 1 aromatic carbocycles. The monoisotopic (exact) mass is 448 g/mol. The Morgan fingerprint density at radius 1 is 1.03 bits per heavy atom. The molecule has 0 radical (unpaired) electrons. The van der Waals surface area contributed by atoms with Crippen molar-refractivity contribution in [3.63, 3.8) is 0 Å². The first-order chi connectivity index (χ1) is 16.7. The van der Waals surface area contributed by atoms with Gasteiger partial charge in [-0.2, -0.15) is 5.10 Å². The van der Waals surface area contributed by atoms with E-state index < -0.39 is 0 Å². The lowest BCUT2D eigenvalue weighted by Crippen LogP contribution is -2.13. The molecule has 3 N–H and O–H groups in total. The van der Waals surface area contributed by atoms with E-state index in [1.807, 2.05) is 30.6 Å². The topological polar surface area (TPSA) is 95.8 Å². The van der Waals surface area contributed by atoms with E-state index in [9.17, 15) is 0 Å². The summed E-state index contributed by atoms with van der Waals surface area (Å²) in [5.41, 5.74) is 7.69. The van der Waals surface area contributed by atoms with Gasteiger partial charge >= 0.3 is 0 Å². The lowest BCUT2D eigenvalue weighted by atomic mass is 10.1. The van der Waals surface area contributed by atoms with Crippen LogP contribution in [0.2, 0.25) is 0 Å². The summed E-state index contributed by atoms with van der Waals surface area (Å²) in [6.45, 7) is 4.75. The largest absolute Gasteiger partial charge is 0.382 e. The van der Waals surface area contributed by atoms with E-state index in [1.54, 1.807) is 18.6 Å². The second-order valence-corrected chi connectivity index (χ2v) is 8.46. The number of aromatic amines is 1. The number of benzene rings is 1. The van der Waals surface area contributed by atoms with Gasteiger partial charge in [0.2, 0.25) is 0 Å². The lowest BCUT2D eigenvalue weighted by molar-refractivity contribution is 0.885. The zero-order valence-corrected chi connectivity index (χ0v) is 18.6. The van der Waals surface area contributed by atoms with Gasteiger partial charge in [-0.1, -0.05) is 30.8 Å². The molecule has 6 rings (SSSR count). The van der Waals surface area contributed by atoms with E-state index in [0.29, 0.717) is 18.4 Å². The molecular formula is C26H24N8. The summed E-state index contributed by atoms with van der Waals surface area (Å²) in [6.07, 6.45) is 11.6. The molecule has 1 saturated carbocycles. The predicted octanol–water partition coefficient (Wildman–Crippen LogP) is 4.52. The normalized spacial score (nSPS) is 13.2. The Kier molecular flexibility index (Phi) is 5.03. The quantitative estimate of drug-likeness (QED) is 0.323. The van der Waals surface area contributed by atoms with Gasteiger partial charge in [-0.3, -0.25) is 14.5 Å². The smallest absolute Gasteiger partial charge is 0.180 e. The maximum Gasteiger partial charge on any atom is 0.180 e. The van der Waals surface area contributed by atoms with Crippen molar-refractivity contribution < 1.29 is 0 Å². The van der Waals surface area contributed by atoms with Crippen LogP contribution < -0.4 is 10.6 Å². The Bertz CT molecular complexity index is 1430. The zero-order valence-electron chi connectivity index (χ0n) is 18.6. The van der Waals surface area contributed by atoms with Crippen molar-refractivity contribution in [3.05, 3.63) is 91.3 Å². The highest BCUT2D eigenvalue weighted by Crippen LogP contribution is 2.29. The molecule has 5 aromatic rings. The SMILES string of the molecule is C=C(NC1CC1)c1ccc(-c2cnc3c(NCc4ccn[nH]4)nc(-c4ccncc4)cn23)cc1. The lowest BCUT2D eigenvalue weighted by Gasteiger charge is -2.12. The highest BCUT2D eigenvalue weighted by Gasteiger charge is 2.21. The van der Waals surface area contributed by atoms with Crippen LogP contribution in [0.1, 0.15) is 24.1 Å². The molecule has 1 fully saturated rings. The van der Waals surface area contributed by atoms with Crippen LogP contribution in [0.3, 0.4) is 0 Å². The van der Waals surface area contributed by atoms with Crippen LogP contribution in [0.5, 0.6) is 0 Å². The Morgan fingerprint density at radius 3 is 2.59 bits per heavy atom. The number of nitrogens with one attached hydrogen (secondary N) is 3. The number of pyridine rings is 1. The fourth-order valence-electron chi connectivity index (χ4n) is 3.94. The van der Waals surface area contributed by atoms with E-state index >= 15 is 0 Å². The molecule has 0 bridgehead atoms. The second-order valence-electron chi connectivity index (χ2n) is 8.46. The molecule has 0 unspecified atom stereocenters. The summed E-state index contributed by atoms with van der Waals surface area (Å²) in [4.78, 5) is 13.7. The van der Waals surface area contributed by atoms with Crippen molar-refractivity contribution in [2.24, 2.45) is 0 Å². The molecule has 168 valence electrons. The molecule has 0 amide bonds. The predicted molar refractivity (Wildman–Crippen MR) is 133 cm³/mol. The van der Waals surface area contributed by atoms with Gasteiger partial charge < -0.3 is 10.6 Å². The average Bonchev–Trinajstić information content (AvgIpc) is 3.35. The number of hydrogen-bond acceptors (Lipinski definition) is 6. The molecule has 0 atom stereocenters. The van der Waals surface area contributed by atoms with Crippen LogP contribution in [-0.4, -0.2) is 35.6 Å². The third kappa shape index (κ3) is 4.01. The summed E-state index contributed by atoms with van der Waals surface area (Å²) >= 11 is 0. The fourth-order valence-corrected chi connectivity index (χ4v) is 3.94. The average molecular weight is 449 g/mol. The van der Waals surface area contributed by atoms with Crippen LogP contribution in [0.15, 0.2) is 80.0 Å². The van der Waals surface area contributed by atoms with Gasteiger partial charge in [0.05, 0.1) is 29.8 Å². The number of anilines is 1. The molecule has 0 aliphatic heterocycles. The molecule has 8 heteroatoms. The number of nitrogens with zero attached hydrogens (tertiary/aromatic N) is 5. The maximum atomic E-state index is 4.87. The summed E-state index contributed by atoms with van der Waals surface area (Å²) in [7, 11) is 0. The third-order valence-electron chi connectivity index (χ3n) is 5.96. The molecule has 4 aromatic heterocycles. The highest BCUT2D eigenvalue weighted by atomic mass is 15.1. The van der Waals surface area contributed by atoms with Gasteiger partial charge in [0.15, 0.2) is 11.5 Å². The van der Waals surface area contributed by atoms with E-state index in [4.69, 9.17) is 9.97 Å². The Balaban J connectivity index is 1.38. The Morgan fingerprint density at radius 2 is 1.85 bits per heavy atom. The van der Waals surface area contributed by atoms with E-state index in [2.05, 4.69) is 61.1 Å². The molecule has 34 heavy (non-hydrogen) atoms. The third-order valence-corrected chi connectivity index (χ3v) is 5.96. The molecular weight excluding hydrogens is 424 g/mol. The van der Waals surface area contributed by atoms with Crippen molar-refractivity contribution in [3.8, 4) is 22.5 Å². The standard InChI is InChI=1S/C26H24N8/c1-17(31-21-6-7-21)18-2-4-20(5-3-18)24-15-29-26-25(28-14-22-10-13-30-33-22)32-23(16-34(24)26)19-8-11-27-12-9-19/h2-5,8-13,15-16,21,31H,1,6-7,14H2,(H,28,32)(H,30,33). The van der Waals surface area contributed by atoms with Gasteiger partial charge in [-0.05, 0) is 36.6 Å². The minimum atomic E-state index is 0.565. The molecule has 0 spiro atoms. The number of hydrogen-bond donors (Lipinski definition) is 3. The Hall–Kier alpha value is -4.46. The first-order valence-corrected chi connectivity index (χ1v) is 11.3.